The van der Waals surface area contributed by atoms with E-state index in [0.717, 1.165) is 33.7 Å². The number of carbonyl (C=O) groups excluding carboxylic acids is 2. The summed E-state index contributed by atoms with van der Waals surface area (Å²) in [6, 6.07) is 5.07. The number of esters is 1. The molecule has 0 radical (unpaired) electrons. The summed E-state index contributed by atoms with van der Waals surface area (Å²) in [6.45, 7) is 7.80. The maximum absolute atomic E-state index is 13.4. The molecule has 0 spiro atoms. The molecule has 1 aliphatic heterocycles. The van der Waals surface area contributed by atoms with Crippen molar-refractivity contribution in [1.29, 1.82) is 0 Å². The average molecular weight is 566 g/mol. The lowest BCUT2D eigenvalue weighted by molar-refractivity contribution is 0.0208. The Morgan fingerprint density at radius 2 is 2.00 bits per heavy atom. The molecule has 2 aliphatic rings. The quantitative estimate of drug-likeness (QED) is 0.148. The maximum Gasteiger partial charge on any atom is 0.410 e. The number of nitrogens with zero attached hydrogens (tertiary/aromatic N) is 5. The van der Waals surface area contributed by atoms with E-state index in [0.29, 0.717) is 23.2 Å². The number of ether oxygens (including phenoxy) is 3. The van der Waals surface area contributed by atoms with E-state index < -0.39 is 29.1 Å². The number of pyridine rings is 1. The summed E-state index contributed by atoms with van der Waals surface area (Å²) in [4.78, 5) is 45.0. The van der Waals surface area contributed by atoms with Crippen LogP contribution in [0.5, 0.6) is 5.75 Å². The van der Waals surface area contributed by atoms with Crippen molar-refractivity contribution in [3.63, 3.8) is 0 Å². The molecule has 210 valence electrons. The van der Waals surface area contributed by atoms with Gasteiger partial charge in [-0.2, -0.15) is 0 Å². The van der Waals surface area contributed by atoms with Gasteiger partial charge in [-0.25, -0.2) is 9.59 Å². The third-order valence-corrected chi connectivity index (χ3v) is 8.11. The highest BCUT2D eigenvalue weighted by molar-refractivity contribution is 7.15. The van der Waals surface area contributed by atoms with Crippen molar-refractivity contribution in [3.8, 4) is 16.2 Å². The van der Waals surface area contributed by atoms with E-state index in [1.54, 1.807) is 58.0 Å². The topological polar surface area (TPSA) is 136 Å². The van der Waals surface area contributed by atoms with E-state index >= 15 is 0 Å². The number of thiophene rings is 1. The van der Waals surface area contributed by atoms with Crippen molar-refractivity contribution in [1.82, 2.24) is 9.47 Å². The average Bonchev–Trinajstić information content (AvgIpc) is 3.65. The first-order valence-electron chi connectivity index (χ1n) is 13.1. The Balaban J connectivity index is 1.63. The van der Waals surface area contributed by atoms with Gasteiger partial charge in [-0.15, -0.1) is 11.3 Å². The van der Waals surface area contributed by atoms with Gasteiger partial charge in [0.25, 0.3) is 0 Å². The van der Waals surface area contributed by atoms with Crippen LogP contribution in [0.4, 0.5) is 4.79 Å². The van der Waals surface area contributed by atoms with Gasteiger partial charge in [-0.3, -0.25) is 4.79 Å². The van der Waals surface area contributed by atoms with Crippen LogP contribution in [0.25, 0.3) is 31.8 Å². The molecular formula is C28H31N5O6S. The minimum Gasteiger partial charge on any atom is -0.494 e. The molecule has 3 aromatic rings. The van der Waals surface area contributed by atoms with E-state index in [1.807, 2.05) is 10.6 Å². The Labute approximate surface area is 234 Å². The molecule has 1 aliphatic carbocycles. The minimum atomic E-state index is -0.659. The summed E-state index contributed by atoms with van der Waals surface area (Å²) in [5, 5.41) is 4.35. The monoisotopic (exact) mass is 565 g/mol. The van der Waals surface area contributed by atoms with Gasteiger partial charge in [0, 0.05) is 39.0 Å². The number of hydrogen-bond donors (Lipinski definition) is 0. The van der Waals surface area contributed by atoms with Crippen molar-refractivity contribution in [2.45, 2.75) is 64.8 Å². The Kier molecular flexibility index (Phi) is 7.24. The molecule has 0 bridgehead atoms. The molecule has 2 aromatic heterocycles. The molecule has 1 unspecified atom stereocenters. The largest absolute Gasteiger partial charge is 0.494 e. The molecule has 1 saturated carbocycles. The maximum atomic E-state index is 13.4. The number of benzene rings is 1. The molecule has 11 nitrogen and oxygen atoms in total. The van der Waals surface area contributed by atoms with Crippen LogP contribution in [0.3, 0.4) is 0 Å². The number of rotatable bonds is 6. The van der Waals surface area contributed by atoms with Crippen molar-refractivity contribution >= 4 is 34.3 Å². The Hall–Kier alpha value is -4.02. The molecule has 40 heavy (non-hydrogen) atoms. The number of carbonyl (C=O) groups is 2. The van der Waals surface area contributed by atoms with Gasteiger partial charge >= 0.3 is 12.1 Å². The smallest absolute Gasteiger partial charge is 0.410 e. The SMILES string of the molecule is CCOC(=O)c1cn(C2CC2)c2c(OC)c(-c3cc4c(s3)C(N=[N+]=[N-])CN(C(=O)OC(C)(C)C)C4)ccc2c1=O. The fraction of sp³-hybridized carbons (Fsp3) is 0.464. The van der Waals surface area contributed by atoms with Crippen LogP contribution in [0.1, 0.15) is 73.4 Å². The van der Waals surface area contributed by atoms with Gasteiger partial charge < -0.3 is 23.7 Å². The van der Waals surface area contributed by atoms with Gasteiger partial charge in [0.15, 0.2) is 5.75 Å². The molecule has 1 fully saturated rings. The fourth-order valence-corrected chi connectivity index (χ4v) is 6.19. The van der Waals surface area contributed by atoms with Gasteiger partial charge in [0.1, 0.15) is 11.2 Å². The number of fused-ring (bicyclic) bond motifs is 2. The zero-order valence-electron chi connectivity index (χ0n) is 23.1. The molecular weight excluding hydrogens is 534 g/mol. The van der Waals surface area contributed by atoms with E-state index in [4.69, 9.17) is 14.2 Å². The lowest BCUT2D eigenvalue weighted by Crippen LogP contribution is -2.40. The first-order chi connectivity index (χ1) is 19.1. The number of azide groups is 1. The first-order valence-corrected chi connectivity index (χ1v) is 14.0. The van der Waals surface area contributed by atoms with Crippen LogP contribution in [0, 0.1) is 0 Å². The third-order valence-electron chi connectivity index (χ3n) is 6.79. The Morgan fingerprint density at radius 3 is 2.62 bits per heavy atom. The van der Waals surface area contributed by atoms with E-state index in [2.05, 4.69) is 10.0 Å². The van der Waals surface area contributed by atoms with E-state index in [9.17, 15) is 19.9 Å². The first kappa shape index (κ1) is 27.5. The standard InChI is InChI=1S/C28H31N5O6S/c1-6-38-26(35)19-13-33(16-7-8-16)22-18(23(19)34)10-9-17(24(22)37-5)21-11-15-12-32(27(36)39-28(2,3)4)14-20(30-31-29)25(15)40-21/h9-11,13,16,20H,6-8,12,14H2,1-5H3. The molecule has 0 N–H and O–H groups in total. The summed E-state index contributed by atoms with van der Waals surface area (Å²) in [5.41, 5.74) is 10.4. The molecule has 0 saturated heterocycles. The van der Waals surface area contributed by atoms with E-state index in [1.165, 1.54) is 11.3 Å². The van der Waals surface area contributed by atoms with Crippen LogP contribution in [-0.4, -0.2) is 47.4 Å². The Morgan fingerprint density at radius 1 is 1.25 bits per heavy atom. The summed E-state index contributed by atoms with van der Waals surface area (Å²) in [5.74, 6) is -0.128. The zero-order chi connectivity index (χ0) is 28.8. The predicted octanol–water partition coefficient (Wildman–Crippen LogP) is 6.35. The van der Waals surface area contributed by atoms with E-state index in [-0.39, 0.29) is 24.8 Å². The lowest BCUT2D eigenvalue weighted by atomic mass is 10.0. The summed E-state index contributed by atoms with van der Waals surface area (Å²) >= 11 is 1.47. The molecule has 3 heterocycles. The van der Waals surface area contributed by atoms with Crippen molar-refractivity contribution in [2.75, 3.05) is 20.3 Å². The zero-order valence-corrected chi connectivity index (χ0v) is 23.9. The van der Waals surface area contributed by atoms with Crippen LogP contribution in [-0.2, 0) is 16.0 Å². The second kappa shape index (κ2) is 10.5. The van der Waals surface area contributed by atoms with Gasteiger partial charge in [-0.1, -0.05) is 5.11 Å². The van der Waals surface area contributed by atoms with Crippen LogP contribution >= 0.6 is 11.3 Å². The molecule has 1 atom stereocenters. The summed E-state index contributed by atoms with van der Waals surface area (Å²) in [7, 11) is 1.56. The Bertz CT molecular complexity index is 1610. The summed E-state index contributed by atoms with van der Waals surface area (Å²) in [6.07, 6.45) is 2.96. The van der Waals surface area contributed by atoms with Crippen LogP contribution in [0.2, 0.25) is 0 Å². The van der Waals surface area contributed by atoms with Gasteiger partial charge in [0.05, 0.1) is 37.2 Å². The lowest BCUT2D eigenvalue weighted by Gasteiger charge is -2.32. The van der Waals surface area contributed by atoms with Gasteiger partial charge in [-0.05, 0) is 69.8 Å². The molecule has 5 rings (SSSR count). The van der Waals surface area contributed by atoms with Crippen molar-refractivity contribution in [3.05, 3.63) is 61.1 Å². The molecule has 1 amide bonds. The highest BCUT2D eigenvalue weighted by atomic mass is 32.1. The van der Waals surface area contributed by atoms with Gasteiger partial charge in [0.2, 0.25) is 5.43 Å². The number of amides is 1. The molecule has 1 aromatic carbocycles. The number of hydrogen-bond acceptors (Lipinski definition) is 8. The highest BCUT2D eigenvalue weighted by Crippen LogP contribution is 2.46. The normalized spacial score (nSPS) is 16.7. The predicted molar refractivity (Wildman–Crippen MR) is 151 cm³/mol. The molecule has 12 heteroatoms. The fourth-order valence-electron chi connectivity index (χ4n) is 4.97. The summed E-state index contributed by atoms with van der Waals surface area (Å²) < 4.78 is 18.6. The third kappa shape index (κ3) is 5.12. The number of aromatic nitrogens is 1. The van der Waals surface area contributed by atoms with Crippen molar-refractivity contribution in [2.24, 2.45) is 5.11 Å². The second-order valence-electron chi connectivity index (χ2n) is 10.9. The highest BCUT2D eigenvalue weighted by Gasteiger charge is 2.34. The van der Waals surface area contributed by atoms with Crippen LogP contribution < -0.4 is 10.2 Å². The number of methoxy groups -OCH3 is 1. The second-order valence-corrected chi connectivity index (χ2v) is 11.9. The van der Waals surface area contributed by atoms with Crippen LogP contribution in [0.15, 0.2) is 34.3 Å². The minimum absolute atomic E-state index is 0.00193. The van der Waals surface area contributed by atoms with Crippen molar-refractivity contribution < 1.29 is 23.8 Å².